The monoisotopic (exact) mass is 187 g/mol. The molecule has 2 heterocycles. The molecule has 1 unspecified atom stereocenters. The highest BCUT2D eigenvalue weighted by Crippen LogP contribution is 2.27. The van der Waals surface area contributed by atoms with Gasteiger partial charge < -0.3 is 5.32 Å². The van der Waals surface area contributed by atoms with Crippen molar-refractivity contribution in [3.05, 3.63) is 30.0 Å². The van der Waals surface area contributed by atoms with Crippen molar-refractivity contribution in [2.24, 2.45) is 0 Å². The van der Waals surface area contributed by atoms with E-state index in [9.17, 15) is 0 Å². The molecule has 1 aromatic heterocycles. The molecule has 1 aliphatic heterocycles. The Morgan fingerprint density at radius 1 is 1.29 bits per heavy atom. The van der Waals surface area contributed by atoms with Gasteiger partial charge in [0.15, 0.2) is 0 Å². The molecule has 72 valence electrons. The maximum Gasteiger partial charge on any atom is 0.0924 e. The molecule has 2 aromatic rings. The van der Waals surface area contributed by atoms with E-state index < -0.39 is 0 Å². The first kappa shape index (κ1) is 8.00. The topological polar surface area (TPSA) is 40.7 Å². The van der Waals surface area contributed by atoms with Crippen molar-refractivity contribution in [1.82, 2.24) is 15.5 Å². The Hall–Kier alpha value is -1.35. The van der Waals surface area contributed by atoms with E-state index in [2.05, 4.69) is 27.6 Å². The van der Waals surface area contributed by atoms with Crippen molar-refractivity contribution in [1.29, 1.82) is 0 Å². The summed E-state index contributed by atoms with van der Waals surface area (Å²) in [5.74, 6) is 0. The maximum atomic E-state index is 4.30. The highest BCUT2D eigenvalue weighted by atomic mass is 15.1. The Bertz CT molecular complexity index is 440. The summed E-state index contributed by atoms with van der Waals surface area (Å²) in [6.07, 6.45) is 2.48. The zero-order chi connectivity index (χ0) is 9.38. The second kappa shape index (κ2) is 3.10. The van der Waals surface area contributed by atoms with Crippen LogP contribution < -0.4 is 5.32 Å². The minimum absolute atomic E-state index is 0.474. The van der Waals surface area contributed by atoms with Crippen LogP contribution in [0.25, 0.3) is 10.9 Å². The Morgan fingerprint density at radius 2 is 2.21 bits per heavy atom. The molecule has 0 radical (unpaired) electrons. The lowest BCUT2D eigenvalue weighted by molar-refractivity contribution is 0.629. The number of aromatic nitrogens is 2. The van der Waals surface area contributed by atoms with Crippen LogP contribution in [0.15, 0.2) is 24.3 Å². The number of nitrogens with zero attached hydrogens (tertiary/aromatic N) is 1. The highest BCUT2D eigenvalue weighted by Gasteiger charge is 2.19. The predicted molar refractivity (Wildman–Crippen MR) is 56.1 cm³/mol. The Morgan fingerprint density at radius 3 is 3.07 bits per heavy atom. The van der Waals surface area contributed by atoms with E-state index in [-0.39, 0.29) is 0 Å². The number of nitrogens with one attached hydrogen (secondary N) is 2. The van der Waals surface area contributed by atoms with Crippen LogP contribution in [0.1, 0.15) is 24.6 Å². The fourth-order valence-electron chi connectivity index (χ4n) is 2.18. The van der Waals surface area contributed by atoms with Crippen molar-refractivity contribution in [2.75, 3.05) is 6.54 Å². The minimum atomic E-state index is 0.474. The standard InChI is InChI=1S/C11H13N3/c1-2-5-9-8(4-1)11(14-13-9)10-6-3-7-12-10/h1-2,4-5,10,12H,3,6-7H2,(H,13,14). The van der Waals surface area contributed by atoms with Gasteiger partial charge in [0.1, 0.15) is 0 Å². The number of hydrogen-bond acceptors (Lipinski definition) is 2. The number of para-hydroxylation sites is 1. The molecule has 14 heavy (non-hydrogen) atoms. The van der Waals surface area contributed by atoms with Crippen molar-refractivity contribution < 1.29 is 0 Å². The number of rotatable bonds is 1. The predicted octanol–water partition coefficient (Wildman–Crippen LogP) is 1.99. The molecule has 1 atom stereocenters. The molecule has 1 fully saturated rings. The largest absolute Gasteiger partial charge is 0.309 e. The van der Waals surface area contributed by atoms with Crippen LogP contribution in [-0.2, 0) is 0 Å². The molecule has 0 saturated carbocycles. The molecule has 0 bridgehead atoms. The van der Waals surface area contributed by atoms with Gasteiger partial charge in [-0.25, -0.2) is 0 Å². The van der Waals surface area contributed by atoms with Crippen LogP contribution >= 0.6 is 0 Å². The fourth-order valence-corrected chi connectivity index (χ4v) is 2.18. The van der Waals surface area contributed by atoms with E-state index in [4.69, 9.17) is 0 Å². The maximum absolute atomic E-state index is 4.30. The lowest BCUT2D eigenvalue weighted by Gasteiger charge is -2.07. The van der Waals surface area contributed by atoms with Crippen LogP contribution in [0.4, 0.5) is 0 Å². The summed E-state index contributed by atoms with van der Waals surface area (Å²) in [4.78, 5) is 0. The number of hydrogen-bond donors (Lipinski definition) is 2. The first-order valence-electron chi connectivity index (χ1n) is 5.11. The second-order valence-electron chi connectivity index (χ2n) is 3.80. The molecule has 3 heteroatoms. The Kier molecular flexibility index (Phi) is 1.77. The Labute approximate surface area is 82.5 Å². The molecule has 0 aliphatic carbocycles. The van der Waals surface area contributed by atoms with E-state index in [0.29, 0.717) is 6.04 Å². The summed E-state index contributed by atoms with van der Waals surface area (Å²) in [5, 5.41) is 12.2. The van der Waals surface area contributed by atoms with Gasteiger partial charge in [0.05, 0.1) is 11.2 Å². The van der Waals surface area contributed by atoms with Gasteiger partial charge in [-0.2, -0.15) is 5.10 Å². The van der Waals surface area contributed by atoms with Gasteiger partial charge in [-0.05, 0) is 25.5 Å². The molecule has 0 amide bonds. The summed E-state index contributed by atoms with van der Waals surface area (Å²) in [6.45, 7) is 1.12. The number of fused-ring (bicyclic) bond motifs is 1. The minimum Gasteiger partial charge on any atom is -0.309 e. The van der Waals surface area contributed by atoms with Crippen LogP contribution in [0.2, 0.25) is 0 Å². The molecule has 3 nitrogen and oxygen atoms in total. The number of benzene rings is 1. The molecular formula is C11H13N3. The average molecular weight is 187 g/mol. The summed E-state index contributed by atoms with van der Waals surface area (Å²) >= 11 is 0. The molecule has 0 spiro atoms. The Balaban J connectivity index is 2.11. The fraction of sp³-hybridized carbons (Fsp3) is 0.364. The van der Waals surface area contributed by atoms with Crippen LogP contribution in [-0.4, -0.2) is 16.7 Å². The SMILES string of the molecule is c1ccc2c(C3CCCN3)[nH]nc2c1. The van der Waals surface area contributed by atoms with Crippen molar-refractivity contribution in [3.8, 4) is 0 Å². The van der Waals surface area contributed by atoms with E-state index in [1.807, 2.05) is 12.1 Å². The van der Waals surface area contributed by atoms with Crippen LogP contribution in [0.3, 0.4) is 0 Å². The van der Waals surface area contributed by atoms with Crippen molar-refractivity contribution >= 4 is 10.9 Å². The quantitative estimate of drug-likeness (QED) is 0.716. The van der Waals surface area contributed by atoms with E-state index in [1.165, 1.54) is 23.9 Å². The molecular weight excluding hydrogens is 174 g/mol. The lowest BCUT2D eigenvalue weighted by atomic mass is 10.1. The molecule has 1 aliphatic rings. The number of aromatic amines is 1. The van der Waals surface area contributed by atoms with Crippen LogP contribution in [0.5, 0.6) is 0 Å². The second-order valence-corrected chi connectivity index (χ2v) is 3.80. The van der Waals surface area contributed by atoms with Gasteiger partial charge in [0.25, 0.3) is 0 Å². The van der Waals surface area contributed by atoms with Crippen molar-refractivity contribution in [3.63, 3.8) is 0 Å². The first-order valence-corrected chi connectivity index (χ1v) is 5.11. The van der Waals surface area contributed by atoms with Gasteiger partial charge in [-0.15, -0.1) is 0 Å². The smallest absolute Gasteiger partial charge is 0.0924 e. The number of H-pyrrole nitrogens is 1. The van der Waals surface area contributed by atoms with E-state index in [0.717, 1.165) is 12.1 Å². The molecule has 3 rings (SSSR count). The first-order chi connectivity index (χ1) is 6.95. The van der Waals surface area contributed by atoms with Gasteiger partial charge in [0.2, 0.25) is 0 Å². The highest BCUT2D eigenvalue weighted by molar-refractivity contribution is 5.81. The zero-order valence-corrected chi connectivity index (χ0v) is 7.96. The third-order valence-corrected chi connectivity index (χ3v) is 2.90. The molecule has 2 N–H and O–H groups in total. The summed E-state index contributed by atoms with van der Waals surface area (Å²) < 4.78 is 0. The normalized spacial score (nSPS) is 21.9. The van der Waals surface area contributed by atoms with Crippen LogP contribution in [0, 0.1) is 0 Å². The molecule has 1 aromatic carbocycles. The third-order valence-electron chi connectivity index (χ3n) is 2.90. The van der Waals surface area contributed by atoms with Gasteiger partial charge in [-0.3, -0.25) is 5.10 Å². The van der Waals surface area contributed by atoms with Gasteiger partial charge >= 0.3 is 0 Å². The lowest BCUT2D eigenvalue weighted by Crippen LogP contribution is -2.13. The summed E-state index contributed by atoms with van der Waals surface area (Å²) in [7, 11) is 0. The van der Waals surface area contributed by atoms with E-state index in [1.54, 1.807) is 0 Å². The van der Waals surface area contributed by atoms with Gasteiger partial charge in [-0.1, -0.05) is 18.2 Å². The van der Waals surface area contributed by atoms with E-state index >= 15 is 0 Å². The zero-order valence-electron chi connectivity index (χ0n) is 7.96. The third kappa shape index (κ3) is 1.13. The van der Waals surface area contributed by atoms with Crippen molar-refractivity contribution in [2.45, 2.75) is 18.9 Å². The molecule has 1 saturated heterocycles. The average Bonchev–Trinajstić information content (AvgIpc) is 2.85. The van der Waals surface area contributed by atoms with Gasteiger partial charge in [0, 0.05) is 11.4 Å². The summed E-state index contributed by atoms with van der Waals surface area (Å²) in [6, 6.07) is 8.74. The summed E-state index contributed by atoms with van der Waals surface area (Å²) in [5.41, 5.74) is 2.31.